The van der Waals surface area contributed by atoms with Gasteiger partial charge in [0.2, 0.25) is 5.91 Å². The molecule has 2 heterocycles. The number of aromatic nitrogens is 4. The van der Waals surface area contributed by atoms with Gasteiger partial charge >= 0.3 is 0 Å². The number of hydrogen-bond donors (Lipinski definition) is 2. The number of Topliss-reactive ketones (excluding diaryl/α,β-unsaturated/α-hetero) is 1. The minimum Gasteiger partial charge on any atom is -0.349 e. The molecule has 0 aliphatic carbocycles. The van der Waals surface area contributed by atoms with Crippen molar-refractivity contribution in [3.63, 3.8) is 0 Å². The van der Waals surface area contributed by atoms with Crippen molar-refractivity contribution in [1.82, 2.24) is 25.1 Å². The normalized spacial score (nSPS) is 12.1. The van der Waals surface area contributed by atoms with Gasteiger partial charge in [0.1, 0.15) is 5.82 Å². The van der Waals surface area contributed by atoms with Crippen LogP contribution in [-0.2, 0) is 11.3 Å². The van der Waals surface area contributed by atoms with Crippen LogP contribution >= 0.6 is 0 Å². The second kappa shape index (κ2) is 7.75. The minimum absolute atomic E-state index is 0.0377. The SMILES string of the molecule is CC(=O)c1c(C)nn([C@H](C)CC(=O)NCc2nc3ccccc3c(=O)[nH]2)c1C. The number of para-hydroxylation sites is 1. The smallest absolute Gasteiger partial charge is 0.258 e. The fraction of sp³-hybridized carbons (Fsp3) is 0.350. The average molecular weight is 381 g/mol. The van der Waals surface area contributed by atoms with E-state index in [1.54, 1.807) is 29.8 Å². The van der Waals surface area contributed by atoms with Crippen molar-refractivity contribution < 1.29 is 9.59 Å². The lowest BCUT2D eigenvalue weighted by Gasteiger charge is -2.14. The number of aromatic amines is 1. The lowest BCUT2D eigenvalue weighted by Crippen LogP contribution is -2.28. The maximum atomic E-state index is 12.3. The maximum absolute atomic E-state index is 12.3. The third-order valence-corrected chi connectivity index (χ3v) is 4.69. The number of benzene rings is 1. The summed E-state index contributed by atoms with van der Waals surface area (Å²) in [6, 6.07) is 6.83. The van der Waals surface area contributed by atoms with Crippen molar-refractivity contribution in [3.8, 4) is 0 Å². The summed E-state index contributed by atoms with van der Waals surface area (Å²) in [5.74, 6) is 0.166. The molecule has 28 heavy (non-hydrogen) atoms. The molecule has 0 saturated heterocycles. The first-order chi connectivity index (χ1) is 13.3. The molecule has 0 saturated carbocycles. The third kappa shape index (κ3) is 3.85. The lowest BCUT2D eigenvalue weighted by molar-refractivity contribution is -0.122. The van der Waals surface area contributed by atoms with Gasteiger partial charge in [0.05, 0.1) is 34.7 Å². The van der Waals surface area contributed by atoms with Crippen LogP contribution in [0.2, 0.25) is 0 Å². The summed E-state index contributed by atoms with van der Waals surface area (Å²) in [5.41, 5.74) is 2.37. The van der Waals surface area contributed by atoms with E-state index >= 15 is 0 Å². The molecule has 3 aromatic rings. The Morgan fingerprint density at radius 2 is 1.96 bits per heavy atom. The quantitative estimate of drug-likeness (QED) is 0.636. The highest BCUT2D eigenvalue weighted by Crippen LogP contribution is 2.20. The fourth-order valence-electron chi connectivity index (χ4n) is 3.43. The van der Waals surface area contributed by atoms with Gasteiger partial charge in [0.15, 0.2) is 5.78 Å². The Balaban J connectivity index is 1.67. The number of carbonyl (C=O) groups is 2. The molecule has 0 aliphatic heterocycles. The number of hydrogen-bond acceptors (Lipinski definition) is 5. The van der Waals surface area contributed by atoms with E-state index in [0.717, 1.165) is 5.69 Å². The van der Waals surface area contributed by atoms with E-state index in [2.05, 4.69) is 20.4 Å². The van der Waals surface area contributed by atoms with Crippen molar-refractivity contribution in [2.75, 3.05) is 0 Å². The van der Waals surface area contributed by atoms with Crippen LogP contribution in [0.1, 0.15) is 53.9 Å². The number of rotatable bonds is 6. The highest BCUT2D eigenvalue weighted by Gasteiger charge is 2.20. The molecule has 0 bridgehead atoms. The summed E-state index contributed by atoms with van der Waals surface area (Å²) < 4.78 is 1.71. The summed E-state index contributed by atoms with van der Waals surface area (Å²) in [7, 11) is 0. The number of amides is 1. The van der Waals surface area contributed by atoms with E-state index in [0.29, 0.717) is 28.0 Å². The summed E-state index contributed by atoms with van der Waals surface area (Å²) in [6.45, 7) is 7.13. The van der Waals surface area contributed by atoms with Crippen molar-refractivity contribution in [2.24, 2.45) is 0 Å². The summed E-state index contributed by atoms with van der Waals surface area (Å²) in [4.78, 5) is 43.2. The van der Waals surface area contributed by atoms with Crippen molar-refractivity contribution in [2.45, 2.75) is 46.7 Å². The van der Waals surface area contributed by atoms with Crippen LogP contribution in [-0.4, -0.2) is 31.4 Å². The van der Waals surface area contributed by atoms with Gasteiger partial charge in [0, 0.05) is 12.1 Å². The molecule has 8 nitrogen and oxygen atoms in total. The Bertz CT molecular complexity index is 1110. The van der Waals surface area contributed by atoms with Gasteiger partial charge in [-0.2, -0.15) is 5.10 Å². The molecule has 0 aliphatic rings. The highest BCUT2D eigenvalue weighted by molar-refractivity contribution is 5.96. The van der Waals surface area contributed by atoms with Gasteiger partial charge in [-0.3, -0.25) is 19.1 Å². The number of ketones is 1. The van der Waals surface area contributed by atoms with Gasteiger partial charge in [0.25, 0.3) is 5.56 Å². The highest BCUT2D eigenvalue weighted by atomic mass is 16.2. The minimum atomic E-state index is -0.234. The Morgan fingerprint density at radius 1 is 1.25 bits per heavy atom. The molecule has 8 heteroatoms. The van der Waals surface area contributed by atoms with Crippen molar-refractivity contribution in [3.05, 3.63) is 57.4 Å². The second-order valence-electron chi connectivity index (χ2n) is 6.91. The van der Waals surface area contributed by atoms with Crippen LogP contribution < -0.4 is 10.9 Å². The maximum Gasteiger partial charge on any atom is 0.258 e. The number of fused-ring (bicyclic) bond motifs is 1. The van der Waals surface area contributed by atoms with Crippen molar-refractivity contribution in [1.29, 1.82) is 0 Å². The molecular weight excluding hydrogens is 358 g/mol. The molecule has 146 valence electrons. The Hall–Kier alpha value is -3.29. The molecule has 1 amide bonds. The van der Waals surface area contributed by atoms with Gasteiger partial charge < -0.3 is 10.3 Å². The van der Waals surface area contributed by atoms with E-state index in [9.17, 15) is 14.4 Å². The molecule has 0 unspecified atom stereocenters. The van der Waals surface area contributed by atoms with Crippen LogP contribution in [0.15, 0.2) is 29.1 Å². The molecule has 0 fully saturated rings. The third-order valence-electron chi connectivity index (χ3n) is 4.69. The predicted molar refractivity (Wildman–Crippen MR) is 105 cm³/mol. The molecule has 0 spiro atoms. The lowest BCUT2D eigenvalue weighted by atomic mass is 10.1. The fourth-order valence-corrected chi connectivity index (χ4v) is 3.43. The summed E-state index contributed by atoms with van der Waals surface area (Å²) >= 11 is 0. The second-order valence-corrected chi connectivity index (χ2v) is 6.91. The van der Waals surface area contributed by atoms with E-state index in [1.807, 2.05) is 19.9 Å². The van der Waals surface area contributed by atoms with Crippen molar-refractivity contribution >= 4 is 22.6 Å². The zero-order valence-corrected chi connectivity index (χ0v) is 16.4. The number of aryl methyl sites for hydroxylation is 1. The summed E-state index contributed by atoms with van der Waals surface area (Å²) in [5, 5.41) is 7.69. The monoisotopic (exact) mass is 381 g/mol. The molecule has 2 N–H and O–H groups in total. The number of carbonyl (C=O) groups excluding carboxylic acids is 2. The molecular formula is C20H23N5O3. The Morgan fingerprint density at radius 3 is 2.64 bits per heavy atom. The zero-order valence-electron chi connectivity index (χ0n) is 16.4. The van der Waals surface area contributed by atoms with E-state index in [1.165, 1.54) is 6.92 Å². The molecule has 0 radical (unpaired) electrons. The number of H-pyrrole nitrogens is 1. The summed E-state index contributed by atoms with van der Waals surface area (Å²) in [6.07, 6.45) is 0.192. The predicted octanol–water partition coefficient (Wildman–Crippen LogP) is 2.21. The van der Waals surface area contributed by atoms with E-state index < -0.39 is 0 Å². The van der Waals surface area contributed by atoms with Crippen LogP contribution in [0.5, 0.6) is 0 Å². The Kier molecular flexibility index (Phi) is 5.39. The first-order valence-electron chi connectivity index (χ1n) is 9.09. The van der Waals surface area contributed by atoms with Crippen LogP contribution in [0.4, 0.5) is 0 Å². The van der Waals surface area contributed by atoms with Gasteiger partial charge in [-0.05, 0) is 39.8 Å². The average Bonchev–Trinajstić information content (AvgIpc) is 2.94. The largest absolute Gasteiger partial charge is 0.349 e. The van der Waals surface area contributed by atoms with Gasteiger partial charge in [-0.25, -0.2) is 4.98 Å². The molecule has 1 atom stereocenters. The topological polar surface area (TPSA) is 110 Å². The zero-order chi connectivity index (χ0) is 20.4. The first-order valence-corrected chi connectivity index (χ1v) is 9.09. The molecule has 1 aromatic carbocycles. The molecule has 2 aromatic heterocycles. The molecule has 3 rings (SSSR count). The standard InChI is InChI=1S/C20H23N5O3/c1-11(25-13(3)19(14(4)26)12(2)24-25)9-18(27)21-10-17-22-16-8-6-5-7-15(16)20(28)23-17/h5-8,11H,9-10H2,1-4H3,(H,21,27)(H,22,23,28)/t11-/m1/s1. The first kappa shape index (κ1) is 19.5. The van der Waals surface area contributed by atoms with Crippen LogP contribution in [0.3, 0.4) is 0 Å². The van der Waals surface area contributed by atoms with Crippen LogP contribution in [0, 0.1) is 13.8 Å². The number of nitrogens with one attached hydrogen (secondary N) is 2. The van der Waals surface area contributed by atoms with Crippen LogP contribution in [0.25, 0.3) is 10.9 Å². The Labute approximate surface area is 162 Å². The number of nitrogens with zero attached hydrogens (tertiary/aromatic N) is 3. The van der Waals surface area contributed by atoms with Gasteiger partial charge in [-0.15, -0.1) is 0 Å². The van der Waals surface area contributed by atoms with E-state index in [-0.39, 0.29) is 36.3 Å². The van der Waals surface area contributed by atoms with E-state index in [4.69, 9.17) is 0 Å². The van der Waals surface area contributed by atoms with Gasteiger partial charge in [-0.1, -0.05) is 12.1 Å².